The van der Waals surface area contributed by atoms with E-state index in [2.05, 4.69) is 0 Å². The summed E-state index contributed by atoms with van der Waals surface area (Å²) in [4.78, 5) is 0. The molecule has 0 saturated carbocycles. The summed E-state index contributed by atoms with van der Waals surface area (Å²) in [6, 6.07) is -24.0. The molecule has 0 nitrogen and oxygen atoms in total. The van der Waals surface area contributed by atoms with Gasteiger partial charge < -0.3 is 0 Å². The summed E-state index contributed by atoms with van der Waals surface area (Å²) < 4.78 is 230. The lowest BCUT2D eigenvalue weighted by Gasteiger charge is -2.19. The van der Waals surface area contributed by atoms with Crippen LogP contribution in [0, 0.1) is 0 Å². The van der Waals surface area contributed by atoms with Crippen LogP contribution in [0.15, 0.2) is 157 Å². The van der Waals surface area contributed by atoms with E-state index in [4.69, 9.17) is 23.3 Å². The van der Waals surface area contributed by atoms with Crippen molar-refractivity contribution in [2.24, 2.45) is 0 Å². The van der Waals surface area contributed by atoms with Crippen molar-refractivity contribution in [2.75, 3.05) is 0 Å². The van der Waals surface area contributed by atoms with Gasteiger partial charge in [0.15, 0.2) is 0 Å². The molecule has 8 rings (SSSR count). The number of rotatable bonds is 3. The van der Waals surface area contributed by atoms with E-state index in [9.17, 15) is 12.3 Å². The zero-order valence-corrected chi connectivity index (χ0v) is 20.0. The molecule has 0 aliphatic rings. The molecule has 0 heterocycles. The first kappa shape index (κ1) is 8.65. The monoisotopic (exact) mass is 532 g/mol. The molecule has 40 heavy (non-hydrogen) atoms. The minimum absolute atomic E-state index is 0.526. The highest BCUT2D eigenvalue weighted by atomic mass is 14.2. The molecule has 0 aliphatic carbocycles. The number of hydrogen-bond acceptors (Lipinski definition) is 0. The first-order chi connectivity index (χ1) is 30.7. The maximum Gasteiger partial charge on any atom is 0.0636 e. The Morgan fingerprint density at radius 2 is 0.775 bits per heavy atom. The third-order valence-corrected chi connectivity index (χ3v) is 6.31. The van der Waals surface area contributed by atoms with Crippen molar-refractivity contribution < 1.29 is 35.6 Å². The van der Waals surface area contributed by atoms with Gasteiger partial charge in [-0.2, -0.15) is 0 Å². The Bertz CT molecular complexity index is 3530. The highest BCUT2D eigenvalue weighted by molar-refractivity contribution is 6.23. The van der Waals surface area contributed by atoms with Crippen molar-refractivity contribution in [1.29, 1.82) is 0 Å². The molecule has 0 bridgehead atoms. The fraction of sp³-hybridized carbons (Fsp3) is 0. The molecule has 0 aromatic heterocycles. The van der Waals surface area contributed by atoms with Crippen LogP contribution in [0.5, 0.6) is 0 Å². The van der Waals surface area contributed by atoms with Crippen LogP contribution in [0.25, 0.3) is 76.5 Å². The number of benzene rings is 8. The molecular formula is C40H26. The van der Waals surface area contributed by atoms with Gasteiger partial charge in [-0.25, -0.2) is 0 Å². The molecule has 0 saturated heterocycles. The molecule has 0 amide bonds. The van der Waals surface area contributed by atoms with Crippen LogP contribution in [-0.4, -0.2) is 0 Å². The zero-order chi connectivity index (χ0) is 49.1. The predicted molar refractivity (Wildman–Crippen MR) is 173 cm³/mol. The summed E-state index contributed by atoms with van der Waals surface area (Å²) in [5, 5.41) is -5.20. The van der Waals surface area contributed by atoms with Crippen LogP contribution in [0.4, 0.5) is 0 Å². The van der Waals surface area contributed by atoms with Gasteiger partial charge in [0, 0.05) is 0 Å². The van der Waals surface area contributed by atoms with Crippen LogP contribution in [0.3, 0.4) is 0 Å². The maximum absolute atomic E-state index is 9.43. The van der Waals surface area contributed by atoms with Crippen LogP contribution in [0.2, 0.25) is 0 Å². The van der Waals surface area contributed by atoms with Gasteiger partial charge in [0.05, 0.1) is 35.6 Å². The fourth-order valence-corrected chi connectivity index (χ4v) is 4.59. The molecule has 0 spiro atoms. The fourth-order valence-electron chi connectivity index (χ4n) is 4.59. The summed E-state index contributed by atoms with van der Waals surface area (Å²) in [5.74, 6) is 0. The Balaban J connectivity index is 1.68. The molecule has 8 aromatic rings. The molecule has 0 unspecified atom stereocenters. The lowest BCUT2D eigenvalue weighted by atomic mass is 9.84. The first-order valence-corrected chi connectivity index (χ1v) is 11.8. The largest absolute Gasteiger partial charge is 0.0636 e. The Morgan fingerprint density at radius 1 is 0.300 bits per heavy atom. The minimum atomic E-state index is -1.07. The van der Waals surface area contributed by atoms with Gasteiger partial charge in [-0.3, -0.25) is 0 Å². The van der Waals surface area contributed by atoms with Crippen LogP contribution < -0.4 is 0 Å². The molecule has 0 N–H and O–H groups in total. The highest BCUT2D eigenvalue weighted by Gasteiger charge is 2.17. The molecule has 0 aliphatic heterocycles. The first-order valence-electron chi connectivity index (χ1n) is 24.8. The average molecular weight is 533 g/mol. The van der Waals surface area contributed by atoms with Gasteiger partial charge >= 0.3 is 0 Å². The zero-order valence-electron chi connectivity index (χ0n) is 46.0. The molecular weight excluding hydrogens is 480 g/mol. The van der Waals surface area contributed by atoms with Gasteiger partial charge in [-0.1, -0.05) is 151 Å². The van der Waals surface area contributed by atoms with E-state index in [1.165, 1.54) is 0 Å². The van der Waals surface area contributed by atoms with Crippen LogP contribution in [0.1, 0.15) is 35.6 Å². The van der Waals surface area contributed by atoms with Gasteiger partial charge in [0.25, 0.3) is 0 Å². The van der Waals surface area contributed by atoms with Crippen molar-refractivity contribution in [3.05, 3.63) is 157 Å². The molecule has 0 fully saturated rings. The van der Waals surface area contributed by atoms with E-state index in [0.717, 1.165) is 0 Å². The van der Waals surface area contributed by atoms with Crippen molar-refractivity contribution >= 4 is 43.1 Å². The van der Waals surface area contributed by atoms with E-state index < -0.39 is 234 Å². The molecule has 8 aromatic carbocycles. The van der Waals surface area contributed by atoms with E-state index >= 15 is 0 Å². The summed E-state index contributed by atoms with van der Waals surface area (Å²) in [6.07, 6.45) is 0. The van der Waals surface area contributed by atoms with Gasteiger partial charge in [-0.15, -0.1) is 0 Å². The topological polar surface area (TPSA) is 0 Å². The minimum Gasteiger partial charge on any atom is -0.0616 e. The van der Waals surface area contributed by atoms with Gasteiger partial charge in [0.2, 0.25) is 0 Å². The summed E-state index contributed by atoms with van der Waals surface area (Å²) in [6.45, 7) is 0. The van der Waals surface area contributed by atoms with Crippen molar-refractivity contribution in [1.82, 2.24) is 0 Å². The molecule has 0 radical (unpaired) electrons. The summed E-state index contributed by atoms with van der Waals surface area (Å²) >= 11 is 0. The molecule has 0 atom stereocenters. The average Bonchev–Trinajstić information content (AvgIpc) is 3.28. The van der Waals surface area contributed by atoms with E-state index in [1.54, 1.807) is 0 Å². The smallest absolute Gasteiger partial charge is 0.0616 e. The van der Waals surface area contributed by atoms with Gasteiger partial charge in [-0.05, 0) is 82.5 Å². The SMILES string of the molecule is [2H]c1c([2H])c(-c2c3c([2H])c([2H])c([2H])c([2H])c3c(-c3c([2H])c([2H])c([2H])c4c([2H])c([2H])c([2H])c([2H])c34)c3c([2H])c([2H])c([2H])c([2H])c23)c([2H])c([2H])c1-c1c([2H])c([2H])c2c([2H])c([2H])c([2H])c([2H])c2c1[2H]. The Labute approximate surface area is 270 Å². The lowest BCUT2D eigenvalue weighted by molar-refractivity contribution is 1.63. The second-order valence-corrected chi connectivity index (χ2v) is 8.50. The third kappa shape index (κ3) is 3.61. The number of hydrogen-bond donors (Lipinski definition) is 0. The van der Waals surface area contributed by atoms with Crippen LogP contribution >= 0.6 is 0 Å². The number of fused-ring (bicyclic) bond motifs is 4. The third-order valence-electron chi connectivity index (χ3n) is 6.31. The standard InChI is InChI=1S/C40H26/c1-2-12-31-26-32(25-22-27(31)10-1)28-20-23-30(24-21-28)39-35-15-5-7-17-37(35)40(38-18-8-6-16-36(38)39)34-19-9-13-29-11-3-4-14-33(29)34/h1-26H/i1D,2D,3D,4D,5D,6D,7D,8D,9D,10D,11D,12D,13D,14D,15D,16D,17D,18D,19D,20D,21D,22D,23D,24D,25D,26D. The van der Waals surface area contributed by atoms with E-state index in [0.29, 0.717) is 0 Å². The van der Waals surface area contributed by atoms with Crippen LogP contribution in [-0.2, 0) is 0 Å². The molecule has 186 valence electrons. The molecule has 0 heteroatoms. The quantitative estimate of drug-likeness (QED) is 0.198. The lowest BCUT2D eigenvalue weighted by Crippen LogP contribution is -1.91. The summed E-state index contributed by atoms with van der Waals surface area (Å²) in [7, 11) is 0. The highest BCUT2D eigenvalue weighted by Crippen LogP contribution is 2.45. The Hall–Kier alpha value is -5.20. The normalized spacial score (nSPS) is 20.6. The Morgan fingerprint density at radius 3 is 1.45 bits per heavy atom. The summed E-state index contributed by atoms with van der Waals surface area (Å²) in [5.41, 5.74) is -4.52. The van der Waals surface area contributed by atoms with E-state index in [1.807, 2.05) is 0 Å². The van der Waals surface area contributed by atoms with Gasteiger partial charge in [0.1, 0.15) is 0 Å². The maximum atomic E-state index is 9.43. The second-order valence-electron chi connectivity index (χ2n) is 8.50. The van der Waals surface area contributed by atoms with Crippen molar-refractivity contribution in [3.8, 4) is 33.4 Å². The van der Waals surface area contributed by atoms with Crippen molar-refractivity contribution in [2.45, 2.75) is 0 Å². The predicted octanol–water partition coefficient (Wildman–Crippen LogP) is 11.3. The van der Waals surface area contributed by atoms with Crippen molar-refractivity contribution in [3.63, 3.8) is 0 Å². The van der Waals surface area contributed by atoms with E-state index in [-0.39, 0.29) is 0 Å². The second kappa shape index (κ2) is 9.22. The Kier molecular flexibility index (Phi) is 1.99.